The summed E-state index contributed by atoms with van der Waals surface area (Å²) in [6, 6.07) is 11.4. The van der Waals surface area contributed by atoms with Gasteiger partial charge in [0.05, 0.1) is 5.02 Å². The van der Waals surface area contributed by atoms with Crippen molar-refractivity contribution in [1.82, 2.24) is 5.32 Å². The first-order valence-corrected chi connectivity index (χ1v) is 6.73. The van der Waals surface area contributed by atoms with Crippen LogP contribution in [0.3, 0.4) is 0 Å². The molecular formula is C15H15Cl2NO. The number of halogens is 2. The van der Waals surface area contributed by atoms with E-state index in [0.29, 0.717) is 15.8 Å². The van der Waals surface area contributed by atoms with Gasteiger partial charge in [0, 0.05) is 6.54 Å². The molecule has 0 aliphatic rings. The SMILES string of the molecule is CNCc1ccc(Oc2cccc(Cl)c2Cl)c(C)c1. The molecule has 0 radical (unpaired) electrons. The van der Waals surface area contributed by atoms with Crippen molar-refractivity contribution in [3.05, 3.63) is 57.6 Å². The Bertz CT molecular complexity index is 584. The Balaban J connectivity index is 2.26. The number of hydrogen-bond donors (Lipinski definition) is 1. The van der Waals surface area contributed by atoms with Crippen molar-refractivity contribution in [2.45, 2.75) is 13.5 Å². The van der Waals surface area contributed by atoms with Crippen molar-refractivity contribution < 1.29 is 4.74 Å². The Morgan fingerprint density at radius 2 is 1.89 bits per heavy atom. The summed E-state index contributed by atoms with van der Waals surface area (Å²) in [5.41, 5.74) is 2.27. The van der Waals surface area contributed by atoms with Crippen LogP contribution in [0.2, 0.25) is 10.0 Å². The molecule has 0 spiro atoms. The second kappa shape index (κ2) is 6.29. The molecule has 0 aliphatic carbocycles. The van der Waals surface area contributed by atoms with Crippen LogP contribution in [0, 0.1) is 6.92 Å². The summed E-state index contributed by atoms with van der Waals surface area (Å²) >= 11 is 12.1. The highest BCUT2D eigenvalue weighted by Gasteiger charge is 2.08. The molecule has 0 heterocycles. The van der Waals surface area contributed by atoms with Gasteiger partial charge < -0.3 is 10.1 Å². The van der Waals surface area contributed by atoms with Crippen LogP contribution < -0.4 is 10.1 Å². The fraction of sp³-hybridized carbons (Fsp3) is 0.200. The number of rotatable bonds is 4. The second-order valence-corrected chi connectivity index (χ2v) is 5.07. The van der Waals surface area contributed by atoms with E-state index in [1.54, 1.807) is 12.1 Å². The molecule has 2 nitrogen and oxygen atoms in total. The van der Waals surface area contributed by atoms with Gasteiger partial charge in [-0.2, -0.15) is 0 Å². The first kappa shape index (κ1) is 14.2. The maximum Gasteiger partial charge on any atom is 0.147 e. The standard InChI is InChI=1S/C15H15Cl2NO/c1-10-8-11(9-18-2)6-7-13(10)19-14-5-3-4-12(16)15(14)17/h3-8,18H,9H2,1-2H3. The van der Waals surface area contributed by atoms with E-state index in [0.717, 1.165) is 17.9 Å². The third-order valence-corrected chi connectivity index (χ3v) is 3.56. The highest BCUT2D eigenvalue weighted by molar-refractivity contribution is 6.42. The zero-order chi connectivity index (χ0) is 13.8. The van der Waals surface area contributed by atoms with E-state index >= 15 is 0 Å². The van der Waals surface area contributed by atoms with E-state index in [4.69, 9.17) is 27.9 Å². The largest absolute Gasteiger partial charge is 0.455 e. The number of aryl methyl sites for hydroxylation is 1. The summed E-state index contributed by atoms with van der Waals surface area (Å²) in [6.07, 6.45) is 0. The highest BCUT2D eigenvalue weighted by Crippen LogP contribution is 2.35. The smallest absolute Gasteiger partial charge is 0.147 e. The molecule has 2 aromatic rings. The molecule has 0 unspecified atom stereocenters. The number of ether oxygens (including phenoxy) is 1. The molecule has 0 aromatic heterocycles. The molecule has 0 saturated carbocycles. The normalized spacial score (nSPS) is 10.5. The quantitative estimate of drug-likeness (QED) is 0.874. The minimum absolute atomic E-state index is 0.433. The van der Waals surface area contributed by atoms with E-state index in [-0.39, 0.29) is 0 Å². The molecule has 100 valence electrons. The lowest BCUT2D eigenvalue weighted by molar-refractivity contribution is 0.479. The van der Waals surface area contributed by atoms with Crippen molar-refractivity contribution >= 4 is 23.2 Å². The Morgan fingerprint density at radius 3 is 2.58 bits per heavy atom. The maximum atomic E-state index is 6.11. The fourth-order valence-corrected chi connectivity index (χ4v) is 2.15. The predicted molar refractivity (Wildman–Crippen MR) is 80.5 cm³/mol. The minimum Gasteiger partial charge on any atom is -0.455 e. The van der Waals surface area contributed by atoms with Crippen molar-refractivity contribution in [3.63, 3.8) is 0 Å². The van der Waals surface area contributed by atoms with Crippen molar-refractivity contribution in [2.75, 3.05) is 7.05 Å². The van der Waals surface area contributed by atoms with E-state index in [9.17, 15) is 0 Å². The summed E-state index contributed by atoms with van der Waals surface area (Å²) in [5, 5.41) is 4.04. The summed E-state index contributed by atoms with van der Waals surface area (Å²) in [6.45, 7) is 2.84. The van der Waals surface area contributed by atoms with Crippen molar-refractivity contribution in [1.29, 1.82) is 0 Å². The van der Waals surface area contributed by atoms with Crippen molar-refractivity contribution in [3.8, 4) is 11.5 Å². The molecule has 0 aliphatic heterocycles. The van der Waals surface area contributed by atoms with Gasteiger partial charge in [0.2, 0.25) is 0 Å². The lowest BCUT2D eigenvalue weighted by Gasteiger charge is -2.12. The average Bonchev–Trinajstić information content (AvgIpc) is 2.38. The lowest BCUT2D eigenvalue weighted by atomic mass is 10.1. The van der Waals surface area contributed by atoms with Gasteiger partial charge in [-0.1, -0.05) is 41.4 Å². The molecule has 0 bridgehead atoms. The monoisotopic (exact) mass is 295 g/mol. The third kappa shape index (κ3) is 3.41. The van der Waals surface area contributed by atoms with E-state index in [2.05, 4.69) is 11.4 Å². The summed E-state index contributed by atoms with van der Waals surface area (Å²) in [4.78, 5) is 0. The first-order chi connectivity index (χ1) is 9.11. The molecule has 0 amide bonds. The van der Waals surface area contributed by atoms with Crippen molar-refractivity contribution in [2.24, 2.45) is 0 Å². The minimum atomic E-state index is 0.433. The number of nitrogens with one attached hydrogen (secondary N) is 1. The van der Waals surface area contributed by atoms with Gasteiger partial charge in [-0.3, -0.25) is 0 Å². The van der Waals surface area contributed by atoms with Gasteiger partial charge in [-0.25, -0.2) is 0 Å². The third-order valence-electron chi connectivity index (χ3n) is 2.76. The summed E-state index contributed by atoms with van der Waals surface area (Å²) in [5.74, 6) is 1.35. The first-order valence-electron chi connectivity index (χ1n) is 5.98. The fourth-order valence-electron chi connectivity index (χ4n) is 1.82. The van der Waals surface area contributed by atoms with Crippen LogP contribution in [0.15, 0.2) is 36.4 Å². The maximum absolute atomic E-state index is 6.11. The van der Waals surface area contributed by atoms with Crippen LogP contribution in [0.25, 0.3) is 0 Å². The molecule has 19 heavy (non-hydrogen) atoms. The van der Waals surface area contributed by atoms with Gasteiger partial charge in [0.15, 0.2) is 0 Å². The van der Waals surface area contributed by atoms with Crippen LogP contribution in [0.4, 0.5) is 0 Å². The molecular weight excluding hydrogens is 281 g/mol. The van der Waals surface area contributed by atoms with E-state index < -0.39 is 0 Å². The number of benzene rings is 2. The van der Waals surface area contributed by atoms with Crippen LogP contribution >= 0.6 is 23.2 Å². The molecule has 0 fully saturated rings. The zero-order valence-corrected chi connectivity index (χ0v) is 12.3. The van der Waals surface area contributed by atoms with Gasteiger partial charge in [-0.05, 0) is 43.3 Å². The van der Waals surface area contributed by atoms with Gasteiger partial charge in [0.25, 0.3) is 0 Å². The molecule has 4 heteroatoms. The Morgan fingerprint density at radius 1 is 1.11 bits per heavy atom. The van der Waals surface area contributed by atoms with Crippen LogP contribution in [-0.2, 0) is 6.54 Å². The van der Waals surface area contributed by atoms with Gasteiger partial charge in [0.1, 0.15) is 16.5 Å². The molecule has 2 rings (SSSR count). The van der Waals surface area contributed by atoms with E-state index in [1.165, 1.54) is 5.56 Å². The highest BCUT2D eigenvalue weighted by atomic mass is 35.5. The van der Waals surface area contributed by atoms with Crippen LogP contribution in [0.1, 0.15) is 11.1 Å². The van der Waals surface area contributed by atoms with E-state index in [1.807, 2.05) is 32.2 Å². The summed E-state index contributed by atoms with van der Waals surface area (Å²) < 4.78 is 5.82. The van der Waals surface area contributed by atoms with Gasteiger partial charge >= 0.3 is 0 Å². The molecule has 0 atom stereocenters. The Labute approximate surface area is 123 Å². The van der Waals surface area contributed by atoms with Crippen LogP contribution in [-0.4, -0.2) is 7.05 Å². The zero-order valence-electron chi connectivity index (χ0n) is 10.8. The molecule has 1 N–H and O–H groups in total. The molecule has 0 saturated heterocycles. The average molecular weight is 296 g/mol. The predicted octanol–water partition coefficient (Wildman–Crippen LogP) is 4.81. The van der Waals surface area contributed by atoms with Crippen LogP contribution in [0.5, 0.6) is 11.5 Å². The Kier molecular flexibility index (Phi) is 4.70. The summed E-state index contributed by atoms with van der Waals surface area (Å²) in [7, 11) is 1.92. The van der Waals surface area contributed by atoms with Gasteiger partial charge in [-0.15, -0.1) is 0 Å². The second-order valence-electron chi connectivity index (χ2n) is 4.28. The topological polar surface area (TPSA) is 21.3 Å². The lowest BCUT2D eigenvalue weighted by Crippen LogP contribution is -2.05. The molecule has 2 aromatic carbocycles. The number of hydrogen-bond acceptors (Lipinski definition) is 2. The Hall–Kier alpha value is -1.22.